The topological polar surface area (TPSA) is 36.7 Å². The molecule has 0 fully saturated rings. The van der Waals surface area contributed by atoms with Gasteiger partial charge in [0.15, 0.2) is 0 Å². The highest BCUT2D eigenvalue weighted by Gasteiger charge is 2.10. The Morgan fingerprint density at radius 3 is 2.81 bits per heavy atom. The summed E-state index contributed by atoms with van der Waals surface area (Å²) in [6.07, 6.45) is 0. The van der Waals surface area contributed by atoms with Crippen LogP contribution < -0.4 is 0 Å². The first-order valence-corrected chi connectivity index (χ1v) is 6.67. The van der Waals surface area contributed by atoms with Crippen molar-refractivity contribution in [2.24, 2.45) is 5.92 Å². The summed E-state index contributed by atoms with van der Waals surface area (Å²) in [7, 11) is 0. The van der Waals surface area contributed by atoms with E-state index in [-0.39, 0.29) is 0 Å². The normalized spacial score (nSPS) is 12.2. The van der Waals surface area contributed by atoms with Crippen LogP contribution in [0.1, 0.15) is 23.7 Å². The Morgan fingerprint density at radius 1 is 1.56 bits per heavy atom. The Morgan fingerprint density at radius 2 is 2.25 bits per heavy atom. The standard InChI is InChI=1S/C12H15ClN2S/c1-8(5-13)7-16-12-11(6-14)9(2)4-10(3)15-12/h4,8H,5,7H2,1-3H3. The molecule has 0 spiro atoms. The monoisotopic (exact) mass is 254 g/mol. The molecule has 1 heterocycles. The third-order valence-electron chi connectivity index (χ3n) is 2.19. The Hall–Kier alpha value is -0.720. The lowest BCUT2D eigenvalue weighted by Crippen LogP contribution is -2.01. The highest BCUT2D eigenvalue weighted by Crippen LogP contribution is 2.25. The van der Waals surface area contributed by atoms with Gasteiger partial charge in [-0.1, -0.05) is 6.92 Å². The number of nitriles is 1. The predicted molar refractivity (Wildman–Crippen MR) is 69.0 cm³/mol. The van der Waals surface area contributed by atoms with Crippen LogP contribution in [0.15, 0.2) is 11.1 Å². The first-order valence-electron chi connectivity index (χ1n) is 5.15. The number of nitrogens with zero attached hydrogens (tertiary/aromatic N) is 2. The minimum Gasteiger partial charge on any atom is -0.245 e. The number of halogens is 1. The van der Waals surface area contributed by atoms with Gasteiger partial charge in [-0.2, -0.15) is 5.26 Å². The summed E-state index contributed by atoms with van der Waals surface area (Å²) in [5.41, 5.74) is 2.64. The van der Waals surface area contributed by atoms with Crippen LogP contribution in [0.5, 0.6) is 0 Å². The SMILES string of the molecule is Cc1cc(C)c(C#N)c(SCC(C)CCl)n1. The van der Waals surface area contributed by atoms with E-state index in [1.165, 1.54) is 0 Å². The third-order valence-corrected chi connectivity index (χ3v) is 4.02. The van der Waals surface area contributed by atoms with Crippen molar-refractivity contribution in [3.05, 3.63) is 22.9 Å². The fourth-order valence-corrected chi connectivity index (χ4v) is 2.67. The molecule has 0 aromatic carbocycles. The fraction of sp³-hybridized carbons (Fsp3) is 0.500. The van der Waals surface area contributed by atoms with Gasteiger partial charge in [0.1, 0.15) is 11.1 Å². The van der Waals surface area contributed by atoms with E-state index in [0.717, 1.165) is 22.0 Å². The van der Waals surface area contributed by atoms with Gasteiger partial charge in [0.25, 0.3) is 0 Å². The van der Waals surface area contributed by atoms with E-state index in [2.05, 4.69) is 18.0 Å². The minimum absolute atomic E-state index is 0.431. The molecular weight excluding hydrogens is 240 g/mol. The molecule has 0 amide bonds. The van der Waals surface area contributed by atoms with Crippen molar-refractivity contribution in [3.8, 4) is 6.07 Å². The zero-order valence-electron chi connectivity index (χ0n) is 9.75. The molecule has 1 atom stereocenters. The van der Waals surface area contributed by atoms with E-state index < -0.39 is 0 Å². The Labute approximate surface area is 106 Å². The van der Waals surface area contributed by atoms with Crippen LogP contribution in [0.3, 0.4) is 0 Å². The molecule has 0 aliphatic heterocycles. The first-order chi connectivity index (χ1) is 7.58. The van der Waals surface area contributed by atoms with Crippen molar-refractivity contribution in [1.82, 2.24) is 4.98 Å². The maximum atomic E-state index is 9.08. The number of rotatable bonds is 4. The average molecular weight is 255 g/mol. The van der Waals surface area contributed by atoms with E-state index in [9.17, 15) is 0 Å². The summed E-state index contributed by atoms with van der Waals surface area (Å²) in [6, 6.07) is 4.15. The number of alkyl halides is 1. The van der Waals surface area contributed by atoms with Crippen molar-refractivity contribution in [1.29, 1.82) is 5.26 Å². The number of hydrogen-bond acceptors (Lipinski definition) is 3. The van der Waals surface area contributed by atoms with Crippen molar-refractivity contribution < 1.29 is 0 Å². The highest BCUT2D eigenvalue weighted by atomic mass is 35.5. The quantitative estimate of drug-likeness (QED) is 0.609. The molecular formula is C12H15ClN2S. The van der Waals surface area contributed by atoms with Gasteiger partial charge < -0.3 is 0 Å². The van der Waals surface area contributed by atoms with Gasteiger partial charge in [0, 0.05) is 17.3 Å². The van der Waals surface area contributed by atoms with Crippen LogP contribution >= 0.6 is 23.4 Å². The van der Waals surface area contributed by atoms with Crippen molar-refractivity contribution in [2.45, 2.75) is 25.8 Å². The van der Waals surface area contributed by atoms with E-state index in [4.69, 9.17) is 16.9 Å². The molecule has 1 aromatic rings. The van der Waals surface area contributed by atoms with Gasteiger partial charge in [-0.25, -0.2) is 4.98 Å². The summed E-state index contributed by atoms with van der Waals surface area (Å²) in [4.78, 5) is 4.41. The summed E-state index contributed by atoms with van der Waals surface area (Å²) in [6.45, 7) is 5.99. The minimum atomic E-state index is 0.431. The van der Waals surface area contributed by atoms with E-state index in [1.54, 1.807) is 11.8 Å². The molecule has 1 aromatic heterocycles. The fourth-order valence-electron chi connectivity index (χ4n) is 1.31. The molecule has 4 heteroatoms. The smallest absolute Gasteiger partial charge is 0.114 e. The van der Waals surface area contributed by atoms with E-state index in [0.29, 0.717) is 17.4 Å². The summed E-state index contributed by atoms with van der Waals surface area (Å²) >= 11 is 7.37. The van der Waals surface area contributed by atoms with Gasteiger partial charge in [-0.15, -0.1) is 23.4 Å². The predicted octanol–water partition coefficient (Wildman–Crippen LogP) is 3.54. The van der Waals surface area contributed by atoms with Crippen LogP contribution in [-0.2, 0) is 0 Å². The van der Waals surface area contributed by atoms with Gasteiger partial charge in [0.05, 0.1) is 5.56 Å². The molecule has 1 unspecified atom stereocenters. The van der Waals surface area contributed by atoms with Crippen molar-refractivity contribution in [3.63, 3.8) is 0 Å². The third kappa shape index (κ3) is 3.40. The number of pyridine rings is 1. The molecule has 0 saturated carbocycles. The highest BCUT2D eigenvalue weighted by molar-refractivity contribution is 7.99. The largest absolute Gasteiger partial charge is 0.245 e. The molecule has 0 bridgehead atoms. The summed E-state index contributed by atoms with van der Waals surface area (Å²) in [5.74, 6) is 1.97. The maximum absolute atomic E-state index is 9.08. The summed E-state index contributed by atoms with van der Waals surface area (Å²) in [5, 5.41) is 9.91. The van der Waals surface area contributed by atoms with Crippen molar-refractivity contribution >= 4 is 23.4 Å². The Balaban J connectivity index is 2.91. The second kappa shape index (κ2) is 6.12. The number of hydrogen-bond donors (Lipinski definition) is 0. The molecule has 16 heavy (non-hydrogen) atoms. The number of thioether (sulfide) groups is 1. The number of aromatic nitrogens is 1. The van der Waals surface area contributed by atoms with E-state index in [1.807, 2.05) is 19.9 Å². The molecule has 0 aliphatic rings. The van der Waals surface area contributed by atoms with Crippen LogP contribution in [0.25, 0.3) is 0 Å². The molecule has 0 saturated heterocycles. The first kappa shape index (κ1) is 13.3. The second-order valence-corrected chi connectivity index (χ2v) is 5.26. The second-order valence-electron chi connectivity index (χ2n) is 3.94. The molecule has 2 nitrogen and oxygen atoms in total. The lowest BCUT2D eigenvalue weighted by Gasteiger charge is -2.09. The zero-order valence-corrected chi connectivity index (χ0v) is 11.3. The van der Waals surface area contributed by atoms with Crippen LogP contribution in [-0.4, -0.2) is 16.6 Å². The molecule has 1 rings (SSSR count). The van der Waals surface area contributed by atoms with E-state index >= 15 is 0 Å². The van der Waals surface area contributed by atoms with Gasteiger partial charge in [-0.05, 0) is 31.4 Å². The molecule has 0 radical (unpaired) electrons. The lowest BCUT2D eigenvalue weighted by atomic mass is 10.1. The lowest BCUT2D eigenvalue weighted by molar-refractivity contribution is 0.757. The van der Waals surface area contributed by atoms with Crippen LogP contribution in [0.4, 0.5) is 0 Å². The zero-order chi connectivity index (χ0) is 12.1. The van der Waals surface area contributed by atoms with Crippen LogP contribution in [0, 0.1) is 31.1 Å². The summed E-state index contributed by atoms with van der Waals surface area (Å²) < 4.78 is 0. The van der Waals surface area contributed by atoms with Gasteiger partial charge in [-0.3, -0.25) is 0 Å². The molecule has 86 valence electrons. The Bertz CT molecular complexity index is 412. The maximum Gasteiger partial charge on any atom is 0.114 e. The number of aryl methyl sites for hydroxylation is 2. The van der Waals surface area contributed by atoms with Gasteiger partial charge >= 0.3 is 0 Å². The van der Waals surface area contributed by atoms with Crippen molar-refractivity contribution in [2.75, 3.05) is 11.6 Å². The molecule has 0 aliphatic carbocycles. The Kier molecular flexibility index (Phi) is 5.11. The van der Waals surface area contributed by atoms with Gasteiger partial charge in [0.2, 0.25) is 0 Å². The van der Waals surface area contributed by atoms with Crippen LogP contribution in [0.2, 0.25) is 0 Å². The average Bonchev–Trinajstić information content (AvgIpc) is 2.25. The molecule has 0 N–H and O–H groups in total.